The summed E-state index contributed by atoms with van der Waals surface area (Å²) >= 11 is 0. The molecule has 0 spiro atoms. The second-order valence-electron chi connectivity index (χ2n) is 8.53. The van der Waals surface area contributed by atoms with E-state index in [9.17, 15) is 45.0 Å². The SMILES string of the molecule is O=C(NC[C@](Cc1ccccc1)(c1ccc(F)cc1)c1cc(F)cc(C(F)(F)F)c1)[C@H](O)CC(F)(F)F. The molecule has 0 heterocycles. The molecule has 0 radical (unpaired) electrons. The minimum Gasteiger partial charge on any atom is -0.383 e. The van der Waals surface area contributed by atoms with Gasteiger partial charge < -0.3 is 10.4 Å². The van der Waals surface area contributed by atoms with Crippen LogP contribution in [0.25, 0.3) is 0 Å². The number of alkyl halides is 6. The number of hydrogen-bond donors (Lipinski definition) is 2. The molecule has 0 aromatic heterocycles. The lowest BCUT2D eigenvalue weighted by atomic mass is 9.70. The molecule has 198 valence electrons. The average Bonchev–Trinajstić information content (AvgIpc) is 2.80. The van der Waals surface area contributed by atoms with Crippen LogP contribution in [-0.2, 0) is 22.8 Å². The average molecular weight is 531 g/mol. The first-order valence-electron chi connectivity index (χ1n) is 10.9. The highest BCUT2D eigenvalue weighted by Gasteiger charge is 2.40. The lowest BCUT2D eigenvalue weighted by Gasteiger charge is -2.36. The Hall–Kier alpha value is -3.47. The van der Waals surface area contributed by atoms with Crippen LogP contribution in [0.1, 0.15) is 28.7 Å². The molecule has 0 saturated carbocycles. The summed E-state index contributed by atoms with van der Waals surface area (Å²) in [5.74, 6) is -3.35. The maximum atomic E-state index is 14.5. The summed E-state index contributed by atoms with van der Waals surface area (Å²) < 4.78 is 107. The summed E-state index contributed by atoms with van der Waals surface area (Å²) in [6.45, 7) is -0.637. The van der Waals surface area contributed by atoms with Gasteiger partial charge in [-0.2, -0.15) is 26.3 Å². The molecule has 11 heteroatoms. The van der Waals surface area contributed by atoms with Crippen LogP contribution in [-0.4, -0.2) is 29.8 Å². The zero-order valence-electron chi connectivity index (χ0n) is 19.0. The van der Waals surface area contributed by atoms with E-state index >= 15 is 0 Å². The van der Waals surface area contributed by atoms with Crippen molar-refractivity contribution in [2.45, 2.75) is 36.7 Å². The number of rotatable bonds is 8. The lowest BCUT2D eigenvalue weighted by molar-refractivity contribution is -0.163. The van der Waals surface area contributed by atoms with E-state index in [0.717, 1.165) is 18.2 Å². The first kappa shape index (κ1) is 28.1. The van der Waals surface area contributed by atoms with Crippen molar-refractivity contribution in [2.75, 3.05) is 6.54 Å². The van der Waals surface area contributed by atoms with Crippen molar-refractivity contribution in [1.29, 1.82) is 0 Å². The van der Waals surface area contributed by atoms with Crippen LogP contribution in [0.4, 0.5) is 35.1 Å². The van der Waals surface area contributed by atoms with Crippen molar-refractivity contribution in [1.82, 2.24) is 5.32 Å². The minimum atomic E-state index is -4.94. The number of nitrogens with one attached hydrogen (secondary N) is 1. The van der Waals surface area contributed by atoms with Crippen molar-refractivity contribution < 1.29 is 45.0 Å². The number of halogens is 8. The second kappa shape index (κ2) is 10.9. The third-order valence-electron chi connectivity index (χ3n) is 5.82. The number of benzene rings is 3. The Morgan fingerprint density at radius 2 is 1.38 bits per heavy atom. The Morgan fingerprint density at radius 1 is 0.784 bits per heavy atom. The van der Waals surface area contributed by atoms with Crippen molar-refractivity contribution in [2.24, 2.45) is 0 Å². The molecule has 3 nitrogen and oxygen atoms in total. The molecule has 3 rings (SSSR count). The molecule has 2 atom stereocenters. The van der Waals surface area contributed by atoms with E-state index in [1.807, 2.05) is 0 Å². The first-order valence-corrected chi connectivity index (χ1v) is 10.9. The summed E-state index contributed by atoms with van der Waals surface area (Å²) in [4.78, 5) is 12.4. The third kappa shape index (κ3) is 7.28. The normalized spacial score (nSPS) is 14.6. The fourth-order valence-corrected chi connectivity index (χ4v) is 4.05. The smallest absolute Gasteiger partial charge is 0.383 e. The quantitative estimate of drug-likeness (QED) is 0.354. The zero-order valence-corrected chi connectivity index (χ0v) is 19.0. The van der Waals surface area contributed by atoms with Crippen molar-refractivity contribution in [3.63, 3.8) is 0 Å². The molecule has 1 amide bonds. The van der Waals surface area contributed by atoms with Crippen LogP contribution in [0.2, 0.25) is 0 Å². The minimum absolute atomic E-state index is 0.155. The van der Waals surface area contributed by atoms with Crippen molar-refractivity contribution >= 4 is 5.91 Å². The van der Waals surface area contributed by atoms with Gasteiger partial charge in [0.25, 0.3) is 0 Å². The zero-order chi connectivity index (χ0) is 27.4. The van der Waals surface area contributed by atoms with Gasteiger partial charge in [0.05, 0.1) is 12.0 Å². The first-order chi connectivity index (χ1) is 17.2. The molecule has 0 saturated heterocycles. The standard InChI is InChI=1S/C26H21F8NO2/c27-20-8-6-17(7-9-20)24(13-16-4-2-1-3-5-16,15-35-23(37)22(36)14-25(29,30)31)18-10-19(26(32,33)34)12-21(28)11-18/h1-12,22,36H,13-15H2,(H,35,37)/t22-,24-/m1/s1. The molecule has 0 aliphatic carbocycles. The number of amides is 1. The van der Waals surface area contributed by atoms with Gasteiger partial charge in [-0.05, 0) is 53.4 Å². The van der Waals surface area contributed by atoms with E-state index in [1.165, 1.54) is 12.1 Å². The summed E-state index contributed by atoms with van der Waals surface area (Å²) in [6, 6.07) is 14.4. The van der Waals surface area contributed by atoms with Crippen LogP contribution in [0.5, 0.6) is 0 Å². The summed E-state index contributed by atoms with van der Waals surface area (Å²) in [5.41, 5.74) is -2.62. The molecule has 0 unspecified atom stereocenters. The molecule has 3 aromatic rings. The number of carbonyl (C=O) groups is 1. The van der Waals surface area contributed by atoms with E-state index in [0.29, 0.717) is 11.6 Å². The molecule has 0 aliphatic rings. The van der Waals surface area contributed by atoms with E-state index < -0.39 is 59.9 Å². The predicted octanol–water partition coefficient (Wildman–Crippen LogP) is 5.94. The van der Waals surface area contributed by atoms with Gasteiger partial charge in [0.15, 0.2) is 0 Å². The van der Waals surface area contributed by atoms with Crippen LogP contribution in [0.3, 0.4) is 0 Å². The fraction of sp³-hybridized carbons (Fsp3) is 0.269. The highest BCUT2D eigenvalue weighted by Crippen LogP contribution is 2.39. The summed E-state index contributed by atoms with van der Waals surface area (Å²) in [6.07, 6.45) is -14.3. The second-order valence-corrected chi connectivity index (χ2v) is 8.53. The maximum absolute atomic E-state index is 14.5. The maximum Gasteiger partial charge on any atom is 0.416 e. The molecule has 0 fully saturated rings. The number of aliphatic hydroxyl groups is 1. The largest absolute Gasteiger partial charge is 0.416 e. The van der Waals surface area contributed by atoms with E-state index in [4.69, 9.17) is 0 Å². The van der Waals surface area contributed by atoms with Crippen LogP contribution in [0.15, 0.2) is 72.8 Å². The molecule has 0 aliphatic heterocycles. The van der Waals surface area contributed by atoms with E-state index in [2.05, 4.69) is 5.32 Å². The Kier molecular flexibility index (Phi) is 8.26. The van der Waals surface area contributed by atoms with Crippen LogP contribution < -0.4 is 5.32 Å². The Morgan fingerprint density at radius 3 is 1.95 bits per heavy atom. The van der Waals surface area contributed by atoms with Crippen LogP contribution >= 0.6 is 0 Å². The summed E-state index contributed by atoms with van der Waals surface area (Å²) in [5, 5.41) is 11.9. The Bertz CT molecular complexity index is 1210. The van der Waals surface area contributed by atoms with E-state index in [1.54, 1.807) is 30.3 Å². The fourth-order valence-electron chi connectivity index (χ4n) is 4.05. The number of carbonyl (C=O) groups excluding carboxylic acids is 1. The van der Waals surface area contributed by atoms with Crippen molar-refractivity contribution in [3.8, 4) is 0 Å². The van der Waals surface area contributed by atoms with Gasteiger partial charge in [-0.3, -0.25) is 4.79 Å². The highest BCUT2D eigenvalue weighted by molar-refractivity contribution is 5.80. The molecular formula is C26H21F8NO2. The molecule has 2 N–H and O–H groups in total. The van der Waals surface area contributed by atoms with Gasteiger partial charge in [0, 0.05) is 12.0 Å². The van der Waals surface area contributed by atoms with Gasteiger partial charge in [-0.15, -0.1) is 0 Å². The van der Waals surface area contributed by atoms with Gasteiger partial charge >= 0.3 is 12.4 Å². The summed E-state index contributed by atoms with van der Waals surface area (Å²) in [7, 11) is 0. The Labute approximate surface area is 206 Å². The molecule has 37 heavy (non-hydrogen) atoms. The third-order valence-corrected chi connectivity index (χ3v) is 5.82. The highest BCUT2D eigenvalue weighted by atomic mass is 19.4. The van der Waals surface area contributed by atoms with Gasteiger partial charge in [-0.25, -0.2) is 8.78 Å². The Balaban J connectivity index is 2.18. The predicted molar refractivity (Wildman–Crippen MR) is 118 cm³/mol. The van der Waals surface area contributed by atoms with Crippen molar-refractivity contribution in [3.05, 3.63) is 107 Å². The van der Waals surface area contributed by atoms with Gasteiger partial charge in [0.1, 0.15) is 17.7 Å². The van der Waals surface area contributed by atoms with Gasteiger partial charge in [0.2, 0.25) is 5.91 Å². The lowest BCUT2D eigenvalue weighted by Crippen LogP contribution is -2.47. The molecule has 3 aromatic carbocycles. The monoisotopic (exact) mass is 531 g/mol. The molecular weight excluding hydrogens is 510 g/mol. The topological polar surface area (TPSA) is 49.3 Å². The molecule has 0 bridgehead atoms. The number of hydrogen-bond acceptors (Lipinski definition) is 2. The van der Waals surface area contributed by atoms with E-state index in [-0.39, 0.29) is 23.6 Å². The van der Waals surface area contributed by atoms with Gasteiger partial charge in [-0.1, -0.05) is 42.5 Å². The number of aliphatic hydroxyl groups excluding tert-OH is 1. The van der Waals surface area contributed by atoms with Crippen LogP contribution in [0, 0.1) is 11.6 Å².